The largest absolute Gasteiger partial charge is 0.454 e. The third-order valence-electron chi connectivity index (χ3n) is 3.44. The van der Waals surface area contributed by atoms with Gasteiger partial charge in [-0.05, 0) is 13.3 Å². The van der Waals surface area contributed by atoms with E-state index in [-0.39, 0.29) is 10.8 Å². The molecular weight excluding hydrogens is 298 g/mol. The summed E-state index contributed by atoms with van der Waals surface area (Å²) in [5.74, 6) is -1.26. The zero-order valence-electron chi connectivity index (χ0n) is 11.8. The number of hydrogen-bond donors (Lipinski definition) is 2. The van der Waals surface area contributed by atoms with E-state index in [1.54, 1.807) is 16.7 Å². The van der Waals surface area contributed by atoms with Gasteiger partial charge in [-0.25, -0.2) is 4.79 Å². The number of fused-ring (bicyclic) bond motifs is 1. The highest BCUT2D eigenvalue weighted by molar-refractivity contribution is 8.01. The molecule has 0 aliphatic carbocycles. The van der Waals surface area contributed by atoms with Gasteiger partial charge in [-0.15, -0.1) is 11.8 Å². The first kappa shape index (κ1) is 15.6. The molecule has 2 saturated heterocycles. The van der Waals surface area contributed by atoms with E-state index in [0.717, 1.165) is 0 Å². The molecule has 21 heavy (non-hydrogen) atoms. The number of rotatable bonds is 3. The van der Waals surface area contributed by atoms with E-state index in [9.17, 15) is 19.2 Å². The zero-order valence-corrected chi connectivity index (χ0v) is 12.6. The maximum Gasteiger partial charge on any atom is 0.330 e. The van der Waals surface area contributed by atoms with Gasteiger partial charge in [0.25, 0.3) is 5.91 Å². The number of hydrogen-bond acceptors (Lipinski definition) is 6. The van der Waals surface area contributed by atoms with Crippen LogP contribution in [0.2, 0.25) is 0 Å². The van der Waals surface area contributed by atoms with E-state index in [0.29, 0.717) is 18.6 Å². The lowest BCUT2D eigenvalue weighted by atomic mass is 10.2. The third-order valence-corrected chi connectivity index (χ3v) is 4.95. The fourth-order valence-electron chi connectivity index (χ4n) is 2.42. The number of amides is 3. The van der Waals surface area contributed by atoms with Crippen molar-refractivity contribution >= 4 is 35.5 Å². The van der Waals surface area contributed by atoms with Gasteiger partial charge < -0.3 is 9.64 Å². The van der Waals surface area contributed by atoms with E-state index in [2.05, 4.69) is 10.9 Å². The van der Waals surface area contributed by atoms with Gasteiger partial charge in [0.2, 0.25) is 11.8 Å². The second kappa shape index (κ2) is 5.92. The highest BCUT2D eigenvalue weighted by Crippen LogP contribution is 2.47. The van der Waals surface area contributed by atoms with E-state index in [1.165, 1.54) is 6.92 Å². The molecule has 2 N–H and O–H groups in total. The summed E-state index contributed by atoms with van der Waals surface area (Å²) in [4.78, 5) is 47.0. The predicted molar refractivity (Wildman–Crippen MR) is 73.6 cm³/mol. The Labute approximate surface area is 125 Å². The molecule has 0 spiro atoms. The molecule has 0 aromatic carbocycles. The first-order valence-corrected chi connectivity index (χ1v) is 7.50. The molecule has 2 rings (SSSR count). The van der Waals surface area contributed by atoms with Crippen LogP contribution in [0.1, 0.15) is 26.7 Å². The number of nitrogens with one attached hydrogen (secondary N) is 2. The molecule has 2 atom stereocenters. The quantitative estimate of drug-likeness (QED) is 0.519. The summed E-state index contributed by atoms with van der Waals surface area (Å²) < 4.78 is 4.91. The molecule has 2 aliphatic rings. The number of ether oxygens (including phenoxy) is 1. The van der Waals surface area contributed by atoms with Crippen molar-refractivity contribution in [3.63, 3.8) is 0 Å². The lowest BCUT2D eigenvalue weighted by molar-refractivity contribution is -0.156. The fourth-order valence-corrected chi connectivity index (χ4v) is 3.84. The van der Waals surface area contributed by atoms with Crippen LogP contribution in [0.3, 0.4) is 0 Å². The van der Waals surface area contributed by atoms with E-state index < -0.39 is 30.4 Å². The predicted octanol–water partition coefficient (Wildman–Crippen LogP) is -0.849. The van der Waals surface area contributed by atoms with Crippen molar-refractivity contribution in [3.05, 3.63) is 0 Å². The minimum absolute atomic E-state index is 0.0628. The highest BCUT2D eigenvalue weighted by Gasteiger charge is 2.53. The van der Waals surface area contributed by atoms with E-state index in [1.807, 2.05) is 6.92 Å². The number of thioether (sulfide) groups is 1. The SMILES string of the molecule is CC(=O)NNC(=O)COC(=O)[C@H]1CS[C@]2(C)CCC(=O)N12. The third kappa shape index (κ3) is 3.29. The molecule has 2 heterocycles. The van der Waals surface area contributed by atoms with Crippen LogP contribution >= 0.6 is 11.8 Å². The molecule has 116 valence electrons. The van der Waals surface area contributed by atoms with Gasteiger partial charge in [0, 0.05) is 19.1 Å². The Kier molecular flexibility index (Phi) is 4.40. The molecule has 0 saturated carbocycles. The van der Waals surface area contributed by atoms with Gasteiger partial charge in [0.1, 0.15) is 6.04 Å². The van der Waals surface area contributed by atoms with Crippen molar-refractivity contribution in [2.24, 2.45) is 0 Å². The second-order valence-corrected chi connectivity index (χ2v) is 6.60. The zero-order chi connectivity index (χ0) is 15.6. The summed E-state index contributed by atoms with van der Waals surface area (Å²) in [5.41, 5.74) is 4.18. The van der Waals surface area contributed by atoms with Crippen molar-refractivity contribution in [2.75, 3.05) is 12.4 Å². The molecule has 3 amide bonds. The lowest BCUT2D eigenvalue weighted by Gasteiger charge is -2.29. The summed E-state index contributed by atoms with van der Waals surface area (Å²) >= 11 is 1.55. The van der Waals surface area contributed by atoms with Crippen molar-refractivity contribution < 1.29 is 23.9 Å². The smallest absolute Gasteiger partial charge is 0.330 e. The summed E-state index contributed by atoms with van der Waals surface area (Å²) in [5, 5.41) is 0. The summed E-state index contributed by atoms with van der Waals surface area (Å²) in [6.07, 6.45) is 1.14. The number of carbonyl (C=O) groups is 4. The van der Waals surface area contributed by atoms with Crippen molar-refractivity contribution in [3.8, 4) is 0 Å². The summed E-state index contributed by atoms with van der Waals surface area (Å²) in [7, 11) is 0. The maximum atomic E-state index is 12.0. The number of nitrogens with zero attached hydrogens (tertiary/aromatic N) is 1. The van der Waals surface area contributed by atoms with Crippen LogP contribution in [0.15, 0.2) is 0 Å². The second-order valence-electron chi connectivity index (χ2n) is 5.10. The molecule has 0 aromatic rings. The Hall–Kier alpha value is -1.77. The molecule has 0 unspecified atom stereocenters. The van der Waals surface area contributed by atoms with Crippen LogP contribution in [0.5, 0.6) is 0 Å². The number of hydrazine groups is 1. The molecule has 0 aromatic heterocycles. The normalized spacial score (nSPS) is 27.2. The van der Waals surface area contributed by atoms with Gasteiger partial charge in [-0.3, -0.25) is 25.2 Å². The van der Waals surface area contributed by atoms with Crippen LogP contribution in [0, 0.1) is 0 Å². The van der Waals surface area contributed by atoms with Crippen LogP contribution in [-0.2, 0) is 23.9 Å². The van der Waals surface area contributed by atoms with Crippen LogP contribution in [0.25, 0.3) is 0 Å². The van der Waals surface area contributed by atoms with Gasteiger partial charge in [-0.2, -0.15) is 0 Å². The van der Waals surface area contributed by atoms with Crippen molar-refractivity contribution in [1.29, 1.82) is 0 Å². The van der Waals surface area contributed by atoms with Gasteiger partial charge in [0.05, 0.1) is 4.87 Å². The van der Waals surface area contributed by atoms with Crippen LogP contribution in [0.4, 0.5) is 0 Å². The number of carbonyl (C=O) groups excluding carboxylic acids is 4. The fraction of sp³-hybridized carbons (Fsp3) is 0.667. The average Bonchev–Trinajstić information content (AvgIpc) is 2.91. The van der Waals surface area contributed by atoms with Crippen LogP contribution < -0.4 is 10.9 Å². The summed E-state index contributed by atoms with van der Waals surface area (Å²) in [6, 6.07) is -0.649. The molecule has 9 heteroatoms. The van der Waals surface area contributed by atoms with Crippen molar-refractivity contribution in [1.82, 2.24) is 15.8 Å². The topological polar surface area (TPSA) is 105 Å². The number of esters is 1. The minimum Gasteiger partial charge on any atom is -0.454 e. The minimum atomic E-state index is -0.649. The average molecular weight is 315 g/mol. The first-order valence-electron chi connectivity index (χ1n) is 6.52. The first-order chi connectivity index (χ1) is 9.83. The van der Waals surface area contributed by atoms with Gasteiger partial charge in [0.15, 0.2) is 6.61 Å². The molecule has 0 bridgehead atoms. The maximum absolute atomic E-state index is 12.0. The van der Waals surface area contributed by atoms with Gasteiger partial charge in [-0.1, -0.05) is 0 Å². The Morgan fingerprint density at radius 3 is 2.81 bits per heavy atom. The molecular formula is C12H17N3O5S. The monoisotopic (exact) mass is 315 g/mol. The Morgan fingerprint density at radius 2 is 2.14 bits per heavy atom. The van der Waals surface area contributed by atoms with Gasteiger partial charge >= 0.3 is 5.97 Å². The standard InChI is InChI=1S/C12H17N3O5S/c1-7(16)13-14-9(17)5-20-11(19)8-6-21-12(2)4-3-10(18)15(8)12/h8H,3-6H2,1-2H3,(H,13,16)(H,14,17)/t8-,12-/m1/s1. The summed E-state index contributed by atoms with van der Waals surface area (Å²) in [6.45, 7) is 2.67. The Bertz CT molecular complexity index is 497. The van der Waals surface area contributed by atoms with E-state index >= 15 is 0 Å². The van der Waals surface area contributed by atoms with Crippen LogP contribution in [-0.4, -0.2) is 51.9 Å². The Morgan fingerprint density at radius 1 is 1.43 bits per heavy atom. The molecule has 2 fully saturated rings. The van der Waals surface area contributed by atoms with Crippen molar-refractivity contribution in [2.45, 2.75) is 37.6 Å². The highest BCUT2D eigenvalue weighted by atomic mass is 32.2. The van der Waals surface area contributed by atoms with E-state index in [4.69, 9.17) is 4.74 Å². The lowest BCUT2D eigenvalue weighted by Crippen LogP contribution is -2.48. The molecule has 8 nitrogen and oxygen atoms in total. The Balaban J connectivity index is 1.85. The molecule has 0 radical (unpaired) electrons. The molecule has 2 aliphatic heterocycles.